The first-order valence-electron chi connectivity index (χ1n) is 22.0. The third kappa shape index (κ3) is 9.49. The van der Waals surface area contributed by atoms with Crippen LogP contribution < -0.4 is 9.97 Å². The molecule has 0 atom stereocenters. The van der Waals surface area contributed by atoms with Crippen LogP contribution in [0.3, 0.4) is 0 Å². The zero-order valence-electron chi connectivity index (χ0n) is 39.4. The van der Waals surface area contributed by atoms with Gasteiger partial charge in [0.15, 0.2) is 0 Å². The third-order valence-electron chi connectivity index (χ3n) is 11.9. The summed E-state index contributed by atoms with van der Waals surface area (Å²) in [6.45, 7) is 0. The SMILES string of the molecule is C.CN(C)C(=O)c1ccc(-c2c3nc(c(-c4ccc(C(=O)N(C)C)cc4)c4ccc([n-]4)c(-c4ccc(C(=O)N(C)C)cc4)c4nc(c(-c5ccc(C(=O)N(C)C)cc5)c5ccc2[n-]5)C=C4)C=C3)cc1.[Mn+3]. The van der Waals surface area contributed by atoms with E-state index >= 15 is 0 Å². The smallest absolute Gasteiger partial charge is 0.657 e. The monoisotopic (exact) mass is 967 g/mol. The number of nitrogens with zero attached hydrogens (tertiary/aromatic N) is 8. The molecule has 0 fully saturated rings. The minimum atomic E-state index is -0.114. The van der Waals surface area contributed by atoms with E-state index in [4.69, 9.17) is 19.9 Å². The van der Waals surface area contributed by atoms with Crippen LogP contribution in [0.4, 0.5) is 0 Å². The van der Waals surface area contributed by atoms with Crippen molar-refractivity contribution in [3.05, 3.63) is 166 Å². The van der Waals surface area contributed by atoms with Gasteiger partial charge >= 0.3 is 17.1 Å². The number of rotatable bonds is 8. The Labute approximate surface area is 418 Å². The Morgan fingerprint density at radius 1 is 0.329 bits per heavy atom. The molecule has 9 rings (SSSR count). The number of hydrogen-bond acceptors (Lipinski definition) is 6. The van der Waals surface area contributed by atoms with Gasteiger partial charge in [0.1, 0.15) is 0 Å². The summed E-state index contributed by atoms with van der Waals surface area (Å²) in [4.78, 5) is 79.6. The van der Waals surface area contributed by atoms with Crippen LogP contribution >= 0.6 is 0 Å². The van der Waals surface area contributed by atoms with Crippen molar-refractivity contribution < 1.29 is 36.2 Å². The molecule has 8 bridgehead atoms. The van der Waals surface area contributed by atoms with Crippen molar-refractivity contribution in [1.29, 1.82) is 0 Å². The molecular weight excluding hydrogens is 916 g/mol. The van der Waals surface area contributed by atoms with Crippen LogP contribution in [0.5, 0.6) is 0 Å². The van der Waals surface area contributed by atoms with Crippen molar-refractivity contribution >= 4 is 70.0 Å². The van der Waals surface area contributed by atoms with Crippen LogP contribution in [-0.2, 0) is 17.1 Å². The number of fused-ring (bicyclic) bond motifs is 8. The first-order valence-corrected chi connectivity index (χ1v) is 22.0. The first kappa shape index (κ1) is 49.8. The number of aromatic nitrogens is 4. The summed E-state index contributed by atoms with van der Waals surface area (Å²) in [7, 11) is 13.8. The van der Waals surface area contributed by atoms with Gasteiger partial charge in [-0.1, -0.05) is 80.2 Å². The molecule has 350 valence electrons. The molecule has 4 amide bonds. The van der Waals surface area contributed by atoms with Gasteiger partial charge in [-0.15, -0.1) is 22.1 Å². The fourth-order valence-corrected chi connectivity index (χ4v) is 8.42. The Morgan fingerprint density at radius 3 is 0.686 bits per heavy atom. The maximum Gasteiger partial charge on any atom is 3.00 e. The van der Waals surface area contributed by atoms with Crippen LogP contribution in [0.2, 0.25) is 0 Å². The molecule has 5 heterocycles. The van der Waals surface area contributed by atoms with Gasteiger partial charge in [-0.3, -0.25) is 19.2 Å². The van der Waals surface area contributed by atoms with E-state index in [9.17, 15) is 19.2 Å². The van der Waals surface area contributed by atoms with Gasteiger partial charge < -0.3 is 29.6 Å². The van der Waals surface area contributed by atoms with Crippen LogP contribution in [0.25, 0.3) is 90.9 Å². The molecule has 0 saturated heterocycles. The summed E-state index contributed by atoms with van der Waals surface area (Å²) in [6, 6.07) is 37.7. The van der Waals surface area contributed by atoms with E-state index in [1.165, 1.54) is 0 Å². The molecule has 0 N–H and O–H groups in total. The van der Waals surface area contributed by atoms with Crippen LogP contribution in [0.15, 0.2) is 121 Å². The minimum Gasteiger partial charge on any atom is -0.657 e. The van der Waals surface area contributed by atoms with E-state index in [2.05, 4.69) is 0 Å². The van der Waals surface area contributed by atoms with Crippen molar-refractivity contribution in [3.8, 4) is 44.5 Å². The Hall–Kier alpha value is -8.12. The average molecular weight is 968 g/mol. The van der Waals surface area contributed by atoms with E-state index in [0.29, 0.717) is 67.1 Å². The number of hydrogen-bond donors (Lipinski definition) is 0. The molecule has 70 heavy (non-hydrogen) atoms. The van der Waals surface area contributed by atoms with Crippen molar-refractivity contribution in [1.82, 2.24) is 39.5 Å². The molecule has 12 nitrogen and oxygen atoms in total. The van der Waals surface area contributed by atoms with E-state index in [1.807, 2.05) is 146 Å². The molecular formula is C57H52MnN8O4+. The van der Waals surface area contributed by atoms with E-state index < -0.39 is 0 Å². The topological polar surface area (TPSA) is 135 Å². The van der Waals surface area contributed by atoms with Crippen molar-refractivity contribution in [2.75, 3.05) is 56.4 Å². The number of amides is 4. The maximum atomic E-state index is 13.0. The first-order chi connectivity index (χ1) is 32.7. The molecule has 13 heteroatoms. The fraction of sp³-hybridized carbons (Fsp3) is 0.158. The summed E-state index contributed by atoms with van der Waals surface area (Å²) in [5, 5.41) is 0. The predicted molar refractivity (Wildman–Crippen MR) is 277 cm³/mol. The summed E-state index contributed by atoms with van der Waals surface area (Å²) in [5.74, 6) is -0.455. The van der Waals surface area contributed by atoms with Crippen LogP contribution in [0, 0.1) is 0 Å². The zero-order chi connectivity index (χ0) is 48.0. The molecule has 2 aliphatic rings. The summed E-state index contributed by atoms with van der Waals surface area (Å²) in [6.07, 6.45) is 7.86. The molecule has 2 aliphatic heterocycles. The number of carbonyl (C=O) groups is 4. The number of benzene rings is 4. The molecule has 0 aliphatic carbocycles. The normalized spacial score (nSPS) is 11.3. The standard InChI is InChI=1S/C56H49N8O4.CH4.Mn/c1-61(2)53(65)37-17-9-33(10-18-37)49-41-25-27-43(57-41)50(34-11-19-38(20-12-34)54(66)62(3)4)45-29-31-47(59-45)52(36-15-23-40(24-16-36)56(68)64(7)8)48-32-30-46(60-48)51(44-28-26-42(49)58-44)35-13-21-39(22-14-35)55(67)63(5)6;;/h9-32H,1-8H3,(H-,57,58,59,60,65,66,67,68);1H4;/q-1;;+3/p-1. The van der Waals surface area contributed by atoms with Gasteiger partial charge in [0.05, 0.1) is 22.8 Å². The Kier molecular flexibility index (Phi) is 14.4. The van der Waals surface area contributed by atoms with Gasteiger partial charge in [-0.25, -0.2) is 9.97 Å². The van der Waals surface area contributed by atoms with E-state index in [1.54, 1.807) is 76.0 Å². The Bertz CT molecular complexity index is 2950. The van der Waals surface area contributed by atoms with Gasteiger partial charge in [0, 0.05) is 78.6 Å². The van der Waals surface area contributed by atoms with Gasteiger partial charge in [-0.05, 0) is 117 Å². The molecule has 0 spiro atoms. The van der Waals surface area contributed by atoms with Crippen LogP contribution in [0.1, 0.15) is 71.6 Å². The van der Waals surface area contributed by atoms with Gasteiger partial charge in [0.25, 0.3) is 23.6 Å². The van der Waals surface area contributed by atoms with Crippen molar-refractivity contribution in [3.63, 3.8) is 0 Å². The van der Waals surface area contributed by atoms with Crippen molar-refractivity contribution in [2.45, 2.75) is 7.43 Å². The summed E-state index contributed by atoms with van der Waals surface area (Å²) >= 11 is 0. The summed E-state index contributed by atoms with van der Waals surface area (Å²) < 4.78 is 0. The second-order valence-corrected chi connectivity index (χ2v) is 17.5. The quantitative estimate of drug-likeness (QED) is 0.137. The molecule has 4 aromatic carbocycles. The van der Waals surface area contributed by atoms with Gasteiger partial charge in [-0.2, -0.15) is 0 Å². The minimum absolute atomic E-state index is 0. The molecule has 0 unspecified atom stereocenters. The van der Waals surface area contributed by atoms with Crippen LogP contribution in [-0.4, -0.2) is 110 Å². The molecule has 7 aromatic rings. The second kappa shape index (κ2) is 20.2. The molecule has 0 radical (unpaired) electrons. The predicted octanol–water partition coefficient (Wildman–Crippen LogP) is 10.0. The van der Waals surface area contributed by atoms with Gasteiger partial charge in [0.2, 0.25) is 0 Å². The largest absolute Gasteiger partial charge is 3.00 e. The Morgan fingerprint density at radius 2 is 0.514 bits per heavy atom. The maximum absolute atomic E-state index is 13.0. The fourth-order valence-electron chi connectivity index (χ4n) is 8.42. The molecule has 0 saturated carbocycles. The average Bonchev–Trinajstić information content (AvgIpc) is 4.20. The van der Waals surface area contributed by atoms with Crippen molar-refractivity contribution in [2.24, 2.45) is 0 Å². The van der Waals surface area contributed by atoms with E-state index in [-0.39, 0.29) is 48.1 Å². The molecule has 3 aromatic heterocycles. The third-order valence-corrected chi connectivity index (χ3v) is 11.9. The Balaban J connectivity index is 0.00000361. The number of carbonyl (C=O) groups excluding carboxylic acids is 4. The summed E-state index contributed by atoms with van der Waals surface area (Å²) in [5.41, 5.74) is 13.5. The van der Waals surface area contributed by atoms with E-state index in [0.717, 1.165) is 44.5 Å². The zero-order valence-corrected chi connectivity index (χ0v) is 40.6. The second-order valence-electron chi connectivity index (χ2n) is 17.5.